The molecule has 0 bridgehead atoms. The second-order valence-corrected chi connectivity index (χ2v) is 11.0. The second-order valence-electron chi connectivity index (χ2n) is 9.27. The molecule has 0 atom stereocenters. The van der Waals surface area contributed by atoms with Crippen molar-refractivity contribution in [3.05, 3.63) is 54.1 Å². The number of hydrogen-bond acceptors (Lipinski definition) is 7. The van der Waals surface area contributed by atoms with Crippen LogP contribution in [0.4, 0.5) is 11.8 Å². The first-order valence-electron chi connectivity index (χ1n) is 12.2. The van der Waals surface area contributed by atoms with Gasteiger partial charge in [-0.3, -0.25) is 0 Å². The Morgan fingerprint density at radius 3 is 2.31 bits per heavy atom. The van der Waals surface area contributed by atoms with E-state index in [-0.39, 0.29) is 0 Å². The minimum atomic E-state index is -3.46. The fraction of sp³-hybridized carbons (Fsp3) is 0.462. The molecule has 3 aromatic rings. The average molecular weight is 498 g/mol. The highest BCUT2D eigenvalue weighted by Crippen LogP contribution is 2.29. The fourth-order valence-corrected chi connectivity index (χ4v) is 5.58. The highest BCUT2D eigenvalue weighted by atomic mass is 32.2. The number of aromatic nitrogens is 2. The summed E-state index contributed by atoms with van der Waals surface area (Å²) in [4.78, 5) is 9.71. The number of aryl methyl sites for hydroxylation is 1. The van der Waals surface area contributed by atoms with Crippen molar-refractivity contribution < 1.29 is 13.2 Å². The predicted octanol–water partition coefficient (Wildman–Crippen LogP) is 4.19. The highest BCUT2D eigenvalue weighted by molar-refractivity contribution is 7.89. The maximum atomic E-state index is 12.6. The third-order valence-corrected chi connectivity index (χ3v) is 8.05. The van der Waals surface area contributed by atoms with Gasteiger partial charge in [-0.15, -0.1) is 0 Å². The number of sulfonamides is 1. The first-order chi connectivity index (χ1) is 16.9. The summed E-state index contributed by atoms with van der Waals surface area (Å²) in [6.45, 7) is 4.51. The van der Waals surface area contributed by atoms with Gasteiger partial charge in [0.2, 0.25) is 16.0 Å². The predicted molar refractivity (Wildman–Crippen MR) is 140 cm³/mol. The first-order valence-corrected chi connectivity index (χ1v) is 13.7. The number of hydrogen-bond donors (Lipinski definition) is 3. The number of rotatable bonds is 11. The zero-order chi connectivity index (χ0) is 24.7. The molecule has 2 aromatic carbocycles. The summed E-state index contributed by atoms with van der Waals surface area (Å²) < 4.78 is 33.1. The maximum Gasteiger partial charge on any atom is 0.240 e. The number of anilines is 2. The number of nitrogens with zero attached hydrogens (tertiary/aromatic N) is 2. The largest absolute Gasteiger partial charge is 0.383 e. The average Bonchev–Trinajstić information content (AvgIpc) is 2.87. The number of methoxy groups -OCH3 is 1. The molecule has 1 saturated carbocycles. The van der Waals surface area contributed by atoms with E-state index in [0.29, 0.717) is 42.4 Å². The molecule has 4 rings (SSSR count). The molecule has 0 aliphatic heterocycles. The lowest BCUT2D eigenvalue weighted by Crippen LogP contribution is -2.32. The number of para-hydroxylation sites is 1. The van der Waals surface area contributed by atoms with Crippen LogP contribution in [0, 0.1) is 18.8 Å². The van der Waals surface area contributed by atoms with Crippen LogP contribution in [0.25, 0.3) is 10.9 Å². The van der Waals surface area contributed by atoms with Gasteiger partial charge in [-0.25, -0.2) is 18.1 Å². The van der Waals surface area contributed by atoms with E-state index >= 15 is 0 Å². The monoisotopic (exact) mass is 497 g/mol. The van der Waals surface area contributed by atoms with E-state index in [1.54, 1.807) is 19.2 Å². The van der Waals surface area contributed by atoms with E-state index in [0.717, 1.165) is 54.5 Å². The molecular weight excluding hydrogens is 462 g/mol. The number of benzene rings is 2. The van der Waals surface area contributed by atoms with Crippen LogP contribution in [0.15, 0.2) is 53.4 Å². The van der Waals surface area contributed by atoms with Crippen LogP contribution in [0.1, 0.15) is 31.2 Å². The highest BCUT2D eigenvalue weighted by Gasteiger charge is 2.23. The molecule has 0 radical (unpaired) electrons. The standard InChI is InChI=1S/C26H35N5O3S/c1-19-7-13-22(14-8-19)35(32,33)29-18-21-11-9-20(10-12-21)17-28-26-30-24-6-4-3-5-23(24)25(31-26)27-15-16-34-2/h3-8,13-14,20-21,29H,9-12,15-18H2,1-2H3,(H2,27,28,30,31). The Labute approximate surface area is 208 Å². The van der Waals surface area contributed by atoms with Crippen molar-refractivity contribution in [1.29, 1.82) is 0 Å². The maximum absolute atomic E-state index is 12.6. The fourth-order valence-electron chi connectivity index (χ4n) is 4.47. The molecule has 35 heavy (non-hydrogen) atoms. The van der Waals surface area contributed by atoms with Crippen LogP contribution in [0.3, 0.4) is 0 Å². The van der Waals surface area contributed by atoms with E-state index in [1.807, 2.05) is 43.3 Å². The number of ether oxygens (including phenoxy) is 1. The summed E-state index contributed by atoms with van der Waals surface area (Å²) in [6.07, 6.45) is 4.11. The lowest BCUT2D eigenvalue weighted by Gasteiger charge is -2.28. The number of nitrogens with one attached hydrogen (secondary N) is 3. The molecule has 0 saturated heterocycles. The third kappa shape index (κ3) is 6.90. The van der Waals surface area contributed by atoms with Crippen LogP contribution >= 0.6 is 0 Å². The van der Waals surface area contributed by atoms with Crippen molar-refractivity contribution in [2.24, 2.45) is 11.8 Å². The van der Waals surface area contributed by atoms with Gasteiger partial charge in [-0.05, 0) is 68.7 Å². The Hall–Kier alpha value is -2.75. The molecular formula is C26H35N5O3S. The van der Waals surface area contributed by atoms with Crippen LogP contribution in [-0.2, 0) is 14.8 Å². The Balaban J connectivity index is 1.27. The van der Waals surface area contributed by atoms with Gasteiger partial charge in [-0.2, -0.15) is 4.98 Å². The van der Waals surface area contributed by atoms with Crippen LogP contribution in [0.2, 0.25) is 0 Å². The van der Waals surface area contributed by atoms with Crippen LogP contribution in [-0.4, -0.2) is 51.7 Å². The van der Waals surface area contributed by atoms with Crippen molar-refractivity contribution in [3.63, 3.8) is 0 Å². The zero-order valence-electron chi connectivity index (χ0n) is 20.5. The Bertz CT molecular complexity index is 1210. The summed E-state index contributed by atoms with van der Waals surface area (Å²) in [6, 6.07) is 14.9. The normalized spacial score (nSPS) is 18.5. The van der Waals surface area contributed by atoms with Gasteiger partial charge in [0, 0.05) is 32.1 Å². The van der Waals surface area contributed by atoms with Gasteiger partial charge < -0.3 is 15.4 Å². The smallest absolute Gasteiger partial charge is 0.240 e. The van der Waals surface area contributed by atoms with Gasteiger partial charge in [-0.1, -0.05) is 29.8 Å². The Kier molecular flexibility index (Phi) is 8.54. The van der Waals surface area contributed by atoms with Gasteiger partial charge in [0.05, 0.1) is 17.0 Å². The number of fused-ring (bicyclic) bond motifs is 1. The summed E-state index contributed by atoms with van der Waals surface area (Å²) in [5.41, 5.74) is 1.94. The van der Waals surface area contributed by atoms with Crippen molar-refractivity contribution >= 4 is 32.7 Å². The molecule has 1 aliphatic carbocycles. The minimum absolute atomic E-state index is 0.326. The SMILES string of the molecule is COCCNc1nc(NCC2CCC(CNS(=O)(=O)c3ccc(C)cc3)CC2)nc2ccccc12. The molecule has 0 amide bonds. The lowest BCUT2D eigenvalue weighted by molar-refractivity contribution is 0.210. The molecule has 1 fully saturated rings. The van der Waals surface area contributed by atoms with Crippen LogP contribution < -0.4 is 15.4 Å². The van der Waals surface area contributed by atoms with Crippen molar-refractivity contribution in [3.8, 4) is 0 Å². The molecule has 1 aromatic heterocycles. The van der Waals surface area contributed by atoms with Crippen molar-refractivity contribution in [2.75, 3.05) is 44.0 Å². The van der Waals surface area contributed by atoms with Crippen molar-refractivity contribution in [1.82, 2.24) is 14.7 Å². The van der Waals surface area contributed by atoms with Gasteiger partial charge in [0.25, 0.3) is 0 Å². The Morgan fingerprint density at radius 1 is 0.914 bits per heavy atom. The Morgan fingerprint density at radius 2 is 1.60 bits per heavy atom. The zero-order valence-corrected chi connectivity index (χ0v) is 21.3. The first kappa shape index (κ1) is 25.3. The van der Waals surface area contributed by atoms with E-state index < -0.39 is 10.0 Å². The molecule has 9 heteroatoms. The van der Waals surface area contributed by atoms with Crippen LogP contribution in [0.5, 0.6) is 0 Å². The molecule has 1 heterocycles. The van der Waals surface area contributed by atoms with Gasteiger partial charge >= 0.3 is 0 Å². The second kappa shape index (κ2) is 11.8. The van der Waals surface area contributed by atoms with Crippen molar-refractivity contribution in [2.45, 2.75) is 37.5 Å². The summed E-state index contributed by atoms with van der Waals surface area (Å²) in [5.74, 6) is 2.30. The van der Waals surface area contributed by atoms with Gasteiger partial charge in [0.15, 0.2) is 0 Å². The van der Waals surface area contributed by atoms with E-state index in [9.17, 15) is 8.42 Å². The third-order valence-electron chi connectivity index (χ3n) is 6.61. The molecule has 8 nitrogen and oxygen atoms in total. The van der Waals surface area contributed by atoms with E-state index in [1.165, 1.54) is 0 Å². The van der Waals surface area contributed by atoms with E-state index in [4.69, 9.17) is 9.72 Å². The quantitative estimate of drug-likeness (QED) is 0.341. The molecule has 1 aliphatic rings. The summed E-state index contributed by atoms with van der Waals surface area (Å²) in [7, 11) is -1.78. The topological polar surface area (TPSA) is 105 Å². The molecule has 3 N–H and O–H groups in total. The molecule has 0 unspecified atom stereocenters. The van der Waals surface area contributed by atoms with E-state index in [2.05, 4.69) is 20.3 Å². The molecule has 0 spiro atoms. The molecule has 188 valence electrons. The summed E-state index contributed by atoms with van der Waals surface area (Å²) in [5, 5.41) is 7.76. The minimum Gasteiger partial charge on any atom is -0.383 e. The lowest BCUT2D eigenvalue weighted by atomic mass is 9.82. The van der Waals surface area contributed by atoms with Gasteiger partial charge in [0.1, 0.15) is 5.82 Å². The summed E-state index contributed by atoms with van der Waals surface area (Å²) >= 11 is 0.